The third-order valence-electron chi connectivity index (χ3n) is 7.83. The molecule has 0 saturated carbocycles. The number of amides is 1. The van der Waals surface area contributed by atoms with Crippen molar-refractivity contribution in [2.45, 2.75) is 118 Å². The lowest BCUT2D eigenvalue weighted by Crippen LogP contribution is -2.53. The van der Waals surface area contributed by atoms with Crippen LogP contribution in [0.5, 0.6) is 11.5 Å². The second kappa shape index (κ2) is 17.4. The minimum absolute atomic E-state index is 0.158. The average Bonchev–Trinajstić information content (AvgIpc) is 2.86. The maximum Gasteiger partial charge on any atom is 0.407 e. The largest absolute Gasteiger partial charge is 0.493 e. The highest BCUT2D eigenvalue weighted by atomic mass is 28.3. The average molecular weight is 640 g/mol. The van der Waals surface area contributed by atoms with Crippen molar-refractivity contribution in [3.05, 3.63) is 23.8 Å². The van der Waals surface area contributed by atoms with E-state index in [-0.39, 0.29) is 35.6 Å². The first-order chi connectivity index (χ1) is 20.2. The topological polar surface area (TPSA) is 113 Å². The van der Waals surface area contributed by atoms with Gasteiger partial charge in [-0.25, -0.2) is 9.59 Å². The molecule has 1 aromatic carbocycles. The Bertz CT molecular complexity index is 1030. The van der Waals surface area contributed by atoms with E-state index in [0.717, 1.165) is 18.4 Å². The van der Waals surface area contributed by atoms with Gasteiger partial charge in [0.15, 0.2) is 26.1 Å². The predicted molar refractivity (Wildman–Crippen MR) is 178 cm³/mol. The summed E-state index contributed by atoms with van der Waals surface area (Å²) in [5, 5.41) is 13.5. The smallest absolute Gasteiger partial charge is 0.407 e. The van der Waals surface area contributed by atoms with Crippen molar-refractivity contribution in [2.75, 3.05) is 27.4 Å². The summed E-state index contributed by atoms with van der Waals surface area (Å²) in [5.74, 6) is 0.585. The maximum atomic E-state index is 13.2. The number of carboxylic acids is 1. The number of rotatable bonds is 18. The van der Waals surface area contributed by atoms with Crippen LogP contribution in [0.25, 0.3) is 0 Å². The molecule has 0 heterocycles. The van der Waals surface area contributed by atoms with Crippen LogP contribution in [0, 0.1) is 23.2 Å². The molecular weight excluding hydrogens is 578 g/mol. The Hall–Kier alpha value is -2.30. The number of alkyl carbamates (subject to hydrolysis) is 1. The third-order valence-corrected chi connectivity index (χ3v) is 8.83. The van der Waals surface area contributed by atoms with E-state index in [1.807, 2.05) is 46.0 Å². The van der Waals surface area contributed by atoms with E-state index in [0.29, 0.717) is 31.1 Å². The number of carbonyl (C=O) groups excluding carboxylic acids is 1. The van der Waals surface area contributed by atoms with Crippen molar-refractivity contribution in [3.8, 4) is 11.5 Å². The first kappa shape index (κ1) is 39.7. The predicted octanol–water partition coefficient (Wildman–Crippen LogP) is 7.10. The molecule has 9 nitrogen and oxygen atoms in total. The Kier molecular flexibility index (Phi) is 15.7. The molecule has 2 N–H and O–H groups in total. The number of hydrogen-bond acceptors (Lipinski definition) is 7. The number of benzene rings is 1. The summed E-state index contributed by atoms with van der Waals surface area (Å²) in [6.45, 7) is 22.9. The van der Waals surface area contributed by atoms with E-state index in [1.165, 1.54) is 0 Å². The van der Waals surface area contributed by atoms with Crippen molar-refractivity contribution >= 4 is 21.1 Å². The Morgan fingerprint density at radius 2 is 1.61 bits per heavy atom. The second-order valence-corrected chi connectivity index (χ2v) is 17.1. The van der Waals surface area contributed by atoms with Crippen LogP contribution in [0.15, 0.2) is 18.2 Å². The van der Waals surface area contributed by atoms with E-state index in [2.05, 4.69) is 46.0 Å². The summed E-state index contributed by atoms with van der Waals surface area (Å²) >= 11 is 0. The van der Waals surface area contributed by atoms with E-state index < -0.39 is 32.3 Å². The van der Waals surface area contributed by atoms with Crippen molar-refractivity contribution in [1.82, 2.24) is 5.32 Å². The molecule has 44 heavy (non-hydrogen) atoms. The van der Waals surface area contributed by atoms with Crippen LogP contribution in [0.3, 0.4) is 0 Å². The van der Waals surface area contributed by atoms with Crippen molar-refractivity contribution < 1.29 is 38.1 Å². The molecule has 4 atom stereocenters. The lowest BCUT2D eigenvalue weighted by Gasteiger charge is -2.43. The zero-order chi connectivity index (χ0) is 33.9. The van der Waals surface area contributed by atoms with Gasteiger partial charge in [0.1, 0.15) is 5.60 Å². The lowest BCUT2D eigenvalue weighted by atomic mass is 9.68. The number of carboxylic acid groups (broad SMARTS) is 1. The lowest BCUT2D eigenvalue weighted by molar-refractivity contribution is -0.157. The molecule has 254 valence electrons. The molecule has 0 aliphatic heterocycles. The van der Waals surface area contributed by atoms with Gasteiger partial charge in [0, 0.05) is 26.2 Å². The van der Waals surface area contributed by atoms with E-state index >= 15 is 0 Å². The molecular formula is C34H61NO8Si. The van der Waals surface area contributed by atoms with Crippen LogP contribution in [-0.2, 0) is 25.1 Å². The summed E-state index contributed by atoms with van der Waals surface area (Å²) in [6, 6.07) is 5.65. The number of aliphatic carboxylic acids is 1. The first-order valence-electron chi connectivity index (χ1n) is 15.9. The van der Waals surface area contributed by atoms with Gasteiger partial charge in [-0.05, 0) is 101 Å². The van der Waals surface area contributed by atoms with Gasteiger partial charge >= 0.3 is 12.1 Å². The number of methoxy groups -OCH3 is 2. The number of nitrogens with one attached hydrogen (secondary N) is 1. The molecule has 0 aliphatic carbocycles. The maximum absolute atomic E-state index is 13.2. The Morgan fingerprint density at radius 3 is 2.09 bits per heavy atom. The summed E-state index contributed by atoms with van der Waals surface area (Å²) < 4.78 is 28.6. The van der Waals surface area contributed by atoms with Crippen LogP contribution < -0.4 is 14.8 Å². The summed E-state index contributed by atoms with van der Waals surface area (Å²) in [6.07, 6.45) is 1.88. The number of ether oxygens (including phenoxy) is 4. The van der Waals surface area contributed by atoms with Crippen molar-refractivity contribution in [2.24, 2.45) is 23.2 Å². The van der Waals surface area contributed by atoms with Gasteiger partial charge in [-0.15, -0.1) is 0 Å². The van der Waals surface area contributed by atoms with E-state index in [1.54, 1.807) is 21.1 Å². The van der Waals surface area contributed by atoms with Crippen LogP contribution in [0.2, 0.25) is 13.1 Å². The highest BCUT2D eigenvalue weighted by Crippen LogP contribution is 2.40. The Balaban J connectivity index is 3.50. The molecule has 0 fully saturated rings. The minimum atomic E-state index is -1.69. The van der Waals surface area contributed by atoms with Gasteiger partial charge in [0.2, 0.25) is 0 Å². The Morgan fingerprint density at radius 1 is 0.977 bits per heavy atom. The molecule has 1 aromatic rings. The highest BCUT2D eigenvalue weighted by Gasteiger charge is 2.45. The quantitative estimate of drug-likeness (QED) is 0.129. The zero-order valence-corrected chi connectivity index (χ0v) is 30.8. The molecule has 0 aromatic heterocycles. The first-order valence-corrected chi connectivity index (χ1v) is 18.7. The Labute approximate surface area is 268 Å². The van der Waals surface area contributed by atoms with Gasteiger partial charge in [-0.2, -0.15) is 0 Å². The highest BCUT2D eigenvalue weighted by molar-refractivity contribution is 6.48. The molecule has 10 heteroatoms. The molecule has 1 amide bonds. The summed E-state index contributed by atoms with van der Waals surface area (Å²) in [4.78, 5) is 25.8. The van der Waals surface area contributed by atoms with Crippen molar-refractivity contribution in [3.63, 3.8) is 0 Å². The van der Waals surface area contributed by atoms with Crippen molar-refractivity contribution in [1.29, 1.82) is 0 Å². The number of hydrogen-bond donors (Lipinski definition) is 2. The SMILES string of the molecule is COCCCOc1cc(C[C@@H](C[C@H](NC(=O)OC(C)(C)C)[C@@H](C[C@@](C)(O[SiH](C)C)C(=O)O)C(C)(C)C)C(C)C)ccc1OC. The fourth-order valence-corrected chi connectivity index (χ4v) is 6.76. The standard InChI is InChI=1S/C34H61NO8Si/c1-23(2)25(19-24-15-16-28(40-11)29(20-24)41-18-14-17-39-10)21-27(35-31(38)42-33(6,7)8)26(32(3,4)5)22-34(9,30(36)37)43-44(12)13/h15-16,20,23,25-27,44H,14,17-19,21-22H2,1-13H3,(H,35,38)(H,36,37)/t25-,26+,27-,34+/m0/s1. The summed E-state index contributed by atoms with van der Waals surface area (Å²) in [5.41, 5.74) is -1.29. The molecule has 0 bridgehead atoms. The summed E-state index contributed by atoms with van der Waals surface area (Å²) in [7, 11) is 1.61. The normalized spacial score (nSPS) is 15.8. The van der Waals surface area contributed by atoms with Crippen LogP contribution >= 0.6 is 0 Å². The van der Waals surface area contributed by atoms with Gasteiger partial charge in [-0.1, -0.05) is 40.7 Å². The van der Waals surface area contributed by atoms with Gasteiger partial charge < -0.3 is 33.8 Å². The second-order valence-electron chi connectivity index (χ2n) is 14.8. The van der Waals surface area contributed by atoms with Gasteiger partial charge in [0.05, 0.1) is 13.7 Å². The van der Waals surface area contributed by atoms with Crippen LogP contribution in [0.1, 0.15) is 87.1 Å². The minimum Gasteiger partial charge on any atom is -0.493 e. The monoisotopic (exact) mass is 639 g/mol. The van der Waals surface area contributed by atoms with E-state index in [9.17, 15) is 14.7 Å². The van der Waals surface area contributed by atoms with Gasteiger partial charge in [0.25, 0.3) is 0 Å². The zero-order valence-electron chi connectivity index (χ0n) is 29.7. The fourth-order valence-electron chi connectivity index (χ4n) is 5.53. The third kappa shape index (κ3) is 13.8. The molecule has 0 radical (unpaired) electrons. The number of carbonyl (C=O) groups is 2. The van der Waals surface area contributed by atoms with Crippen LogP contribution in [-0.4, -0.2) is 70.9 Å². The van der Waals surface area contributed by atoms with Crippen LogP contribution in [0.4, 0.5) is 4.79 Å². The molecule has 0 unspecified atom stereocenters. The molecule has 0 spiro atoms. The fraction of sp³-hybridized carbons (Fsp3) is 0.765. The molecule has 0 aliphatic rings. The molecule has 0 saturated heterocycles. The van der Waals surface area contributed by atoms with E-state index in [4.69, 9.17) is 23.4 Å². The van der Waals surface area contributed by atoms with Gasteiger partial charge in [-0.3, -0.25) is 0 Å². The molecule has 1 rings (SSSR count).